The fraction of sp³-hybridized carbons (Fsp3) is 0.300. The van der Waals surface area contributed by atoms with Crippen molar-refractivity contribution in [3.63, 3.8) is 0 Å². The Labute approximate surface area is 160 Å². The van der Waals surface area contributed by atoms with Crippen LogP contribution in [-0.2, 0) is 9.59 Å². The van der Waals surface area contributed by atoms with Crippen LogP contribution in [0.4, 0.5) is 11.4 Å². The Balaban J connectivity index is 0.00000338. The number of halogens is 1. The van der Waals surface area contributed by atoms with E-state index < -0.39 is 0 Å². The number of benzene rings is 2. The largest absolute Gasteiger partial charge is 0.326 e. The summed E-state index contributed by atoms with van der Waals surface area (Å²) in [7, 11) is 0. The molecule has 0 saturated heterocycles. The minimum absolute atomic E-state index is 0. The molecule has 0 aromatic heterocycles. The van der Waals surface area contributed by atoms with E-state index >= 15 is 0 Å². The second kappa shape index (κ2) is 9.94. The summed E-state index contributed by atoms with van der Waals surface area (Å²) in [5.74, 6) is -0.642. The second-order valence-corrected chi connectivity index (χ2v) is 6.44. The summed E-state index contributed by atoms with van der Waals surface area (Å²) in [6, 6.07) is 16.2. The third kappa shape index (κ3) is 5.86. The summed E-state index contributed by atoms with van der Waals surface area (Å²) < 4.78 is 0. The van der Waals surface area contributed by atoms with Gasteiger partial charge in [0.1, 0.15) is 0 Å². The van der Waals surface area contributed by atoms with Crippen molar-refractivity contribution in [3.8, 4) is 0 Å². The average Bonchev–Trinajstić information content (AvgIpc) is 2.62. The molecule has 0 aliphatic rings. The monoisotopic (exact) mass is 375 g/mol. The molecule has 0 fully saturated rings. The fourth-order valence-corrected chi connectivity index (χ4v) is 2.31. The number of hydrogen-bond donors (Lipinski definition) is 3. The summed E-state index contributed by atoms with van der Waals surface area (Å²) in [5.41, 5.74) is 8.49. The highest BCUT2D eigenvalue weighted by Crippen LogP contribution is 2.21. The van der Waals surface area contributed by atoms with Crippen LogP contribution in [0.3, 0.4) is 0 Å². The number of amides is 2. The average molecular weight is 376 g/mol. The maximum absolute atomic E-state index is 12.4. The molecule has 0 aliphatic heterocycles. The van der Waals surface area contributed by atoms with E-state index in [1.165, 1.54) is 0 Å². The van der Waals surface area contributed by atoms with Gasteiger partial charge in [0.05, 0.1) is 5.92 Å². The van der Waals surface area contributed by atoms with Crippen molar-refractivity contribution in [2.45, 2.75) is 26.8 Å². The molecule has 0 bridgehead atoms. The van der Waals surface area contributed by atoms with Crippen LogP contribution in [0.1, 0.15) is 32.4 Å². The summed E-state index contributed by atoms with van der Waals surface area (Å²) in [6.45, 7) is 5.48. The lowest BCUT2D eigenvalue weighted by molar-refractivity contribution is -0.120. The standard InChI is InChI=1S/C20H25N3O2.ClH/c1-13(2)19(24)22-16-9-11-17(12-10-16)23-20(25)14(3)18(21)15-7-5-4-6-8-15;/h4-14,18H,21H2,1-3H3,(H,22,24)(H,23,25);1H. The zero-order valence-electron chi connectivity index (χ0n) is 15.2. The van der Waals surface area contributed by atoms with E-state index in [0.29, 0.717) is 11.4 Å². The molecule has 4 N–H and O–H groups in total. The third-order valence-corrected chi connectivity index (χ3v) is 4.08. The van der Waals surface area contributed by atoms with Gasteiger partial charge in [-0.1, -0.05) is 51.1 Å². The lowest BCUT2D eigenvalue weighted by Crippen LogP contribution is -2.30. The highest BCUT2D eigenvalue weighted by atomic mass is 35.5. The Morgan fingerprint density at radius 1 is 0.808 bits per heavy atom. The minimum atomic E-state index is -0.372. The number of nitrogens with two attached hydrogens (primary N) is 1. The lowest BCUT2D eigenvalue weighted by Gasteiger charge is -2.20. The summed E-state index contributed by atoms with van der Waals surface area (Å²) in [5, 5.41) is 5.68. The number of nitrogens with one attached hydrogen (secondary N) is 2. The summed E-state index contributed by atoms with van der Waals surface area (Å²) >= 11 is 0. The van der Waals surface area contributed by atoms with Crippen LogP contribution in [-0.4, -0.2) is 11.8 Å². The molecular weight excluding hydrogens is 350 g/mol. The van der Waals surface area contributed by atoms with Crippen molar-refractivity contribution in [3.05, 3.63) is 60.2 Å². The van der Waals surface area contributed by atoms with Crippen LogP contribution in [0.5, 0.6) is 0 Å². The highest BCUT2D eigenvalue weighted by Gasteiger charge is 2.22. The van der Waals surface area contributed by atoms with Gasteiger partial charge in [0.2, 0.25) is 11.8 Å². The molecule has 2 unspecified atom stereocenters. The van der Waals surface area contributed by atoms with E-state index in [1.54, 1.807) is 24.3 Å². The van der Waals surface area contributed by atoms with E-state index in [2.05, 4.69) is 10.6 Å². The van der Waals surface area contributed by atoms with Gasteiger partial charge in [-0.3, -0.25) is 9.59 Å². The zero-order chi connectivity index (χ0) is 18.4. The van der Waals surface area contributed by atoms with Gasteiger partial charge < -0.3 is 16.4 Å². The predicted molar refractivity (Wildman–Crippen MR) is 108 cm³/mol. The molecule has 6 heteroatoms. The van der Waals surface area contributed by atoms with Gasteiger partial charge in [0.25, 0.3) is 0 Å². The van der Waals surface area contributed by atoms with Crippen LogP contribution in [0.15, 0.2) is 54.6 Å². The van der Waals surface area contributed by atoms with E-state index in [0.717, 1.165) is 5.56 Å². The van der Waals surface area contributed by atoms with Crippen molar-refractivity contribution in [2.24, 2.45) is 17.6 Å². The molecule has 26 heavy (non-hydrogen) atoms. The summed E-state index contributed by atoms with van der Waals surface area (Å²) in [6.07, 6.45) is 0. The first-order valence-corrected chi connectivity index (χ1v) is 8.41. The van der Waals surface area contributed by atoms with Gasteiger partial charge in [0, 0.05) is 23.3 Å². The van der Waals surface area contributed by atoms with E-state index in [9.17, 15) is 9.59 Å². The molecule has 2 atom stereocenters. The highest BCUT2D eigenvalue weighted by molar-refractivity contribution is 5.94. The molecule has 5 nitrogen and oxygen atoms in total. The second-order valence-electron chi connectivity index (χ2n) is 6.44. The molecule has 2 amide bonds. The maximum Gasteiger partial charge on any atom is 0.229 e. The molecule has 2 aromatic rings. The molecule has 140 valence electrons. The predicted octanol–water partition coefficient (Wildman–Crippen LogP) is 3.98. The number of carbonyl (C=O) groups is 2. The number of anilines is 2. The Morgan fingerprint density at radius 3 is 1.73 bits per heavy atom. The van der Waals surface area contributed by atoms with Gasteiger partial charge in [-0.2, -0.15) is 0 Å². The van der Waals surface area contributed by atoms with Crippen molar-refractivity contribution < 1.29 is 9.59 Å². The molecule has 0 spiro atoms. The Kier molecular flexibility index (Phi) is 8.29. The van der Waals surface area contributed by atoms with Crippen molar-refractivity contribution in [2.75, 3.05) is 10.6 Å². The van der Waals surface area contributed by atoms with Crippen molar-refractivity contribution in [1.82, 2.24) is 0 Å². The van der Waals surface area contributed by atoms with Gasteiger partial charge in [-0.25, -0.2) is 0 Å². The SMILES string of the molecule is CC(C)C(=O)Nc1ccc(NC(=O)C(C)C(N)c2ccccc2)cc1.Cl. The Bertz CT molecular complexity index is 718. The van der Waals surface area contributed by atoms with Crippen LogP contribution in [0.25, 0.3) is 0 Å². The molecule has 0 aliphatic carbocycles. The zero-order valence-corrected chi connectivity index (χ0v) is 16.0. The van der Waals surface area contributed by atoms with Crippen molar-refractivity contribution >= 4 is 35.6 Å². The van der Waals surface area contributed by atoms with Crippen molar-refractivity contribution in [1.29, 1.82) is 0 Å². The fourth-order valence-electron chi connectivity index (χ4n) is 2.31. The van der Waals surface area contributed by atoms with E-state index in [1.807, 2.05) is 51.1 Å². The minimum Gasteiger partial charge on any atom is -0.326 e. The number of rotatable bonds is 6. The van der Waals surface area contributed by atoms with Gasteiger partial charge in [-0.15, -0.1) is 12.4 Å². The molecule has 0 heterocycles. The Hall–Kier alpha value is -2.37. The number of carbonyl (C=O) groups excluding carboxylic acids is 2. The third-order valence-electron chi connectivity index (χ3n) is 4.08. The maximum atomic E-state index is 12.4. The molecular formula is C20H26ClN3O2. The molecule has 0 saturated carbocycles. The van der Waals surface area contributed by atoms with Crippen LogP contribution in [0.2, 0.25) is 0 Å². The number of hydrogen-bond acceptors (Lipinski definition) is 3. The Morgan fingerprint density at radius 2 is 1.27 bits per heavy atom. The molecule has 2 rings (SSSR count). The van der Waals surface area contributed by atoms with Crippen LogP contribution >= 0.6 is 12.4 Å². The van der Waals surface area contributed by atoms with Gasteiger partial charge in [0.15, 0.2) is 0 Å². The lowest BCUT2D eigenvalue weighted by atomic mass is 9.94. The first kappa shape index (κ1) is 21.7. The first-order chi connectivity index (χ1) is 11.9. The smallest absolute Gasteiger partial charge is 0.229 e. The quantitative estimate of drug-likeness (QED) is 0.714. The normalized spacial score (nSPS) is 12.7. The topological polar surface area (TPSA) is 84.2 Å². The van der Waals surface area contributed by atoms with Crippen LogP contribution in [0, 0.1) is 11.8 Å². The summed E-state index contributed by atoms with van der Waals surface area (Å²) in [4.78, 5) is 24.1. The molecule has 0 radical (unpaired) electrons. The first-order valence-electron chi connectivity index (χ1n) is 8.41. The van der Waals surface area contributed by atoms with Crippen LogP contribution < -0.4 is 16.4 Å². The van der Waals surface area contributed by atoms with Gasteiger partial charge in [-0.05, 0) is 29.8 Å². The van der Waals surface area contributed by atoms with Gasteiger partial charge >= 0.3 is 0 Å². The van der Waals surface area contributed by atoms with E-state index in [4.69, 9.17) is 5.73 Å². The molecule has 2 aromatic carbocycles. The van der Waals surface area contributed by atoms with E-state index in [-0.39, 0.29) is 42.1 Å².